The van der Waals surface area contributed by atoms with Gasteiger partial charge in [0.25, 0.3) is 0 Å². The van der Waals surface area contributed by atoms with Crippen LogP contribution in [-0.4, -0.2) is 28.5 Å². The Kier molecular flexibility index (Phi) is 6.36. The van der Waals surface area contributed by atoms with Crippen molar-refractivity contribution >= 4 is 17.8 Å². The number of aromatic nitrogens is 3. The molecule has 0 saturated heterocycles. The van der Waals surface area contributed by atoms with Gasteiger partial charge in [-0.05, 0) is 6.92 Å². The van der Waals surface area contributed by atoms with E-state index in [-0.39, 0.29) is 5.95 Å². The number of halogens is 3. The normalized spacial score (nSPS) is 10.4. The quantitative estimate of drug-likeness (QED) is 0.807. The Morgan fingerprint density at radius 2 is 1.64 bits per heavy atom. The van der Waals surface area contributed by atoms with Crippen LogP contribution in [-0.2, 0) is 6.18 Å². The second-order valence-electron chi connectivity index (χ2n) is 3.98. The average molecular weight is 314 g/mol. The standard InChI is InChI=1S/C7H5F3.C6H12N6/c8-7(9,10)6-4-2-1-3-5-6;1-3-9-6-11-4(7)10-5(8-2)12-6/h1-5H;3H2,1-2H3,(H4,7,8,9,10,11,12). The van der Waals surface area contributed by atoms with Crippen LogP contribution < -0.4 is 16.4 Å². The van der Waals surface area contributed by atoms with Gasteiger partial charge in [-0.25, -0.2) is 0 Å². The largest absolute Gasteiger partial charge is 0.416 e. The molecule has 1 aromatic carbocycles. The summed E-state index contributed by atoms with van der Waals surface area (Å²) >= 11 is 0. The summed E-state index contributed by atoms with van der Waals surface area (Å²) in [5.41, 5.74) is 4.82. The highest BCUT2D eigenvalue weighted by Crippen LogP contribution is 2.28. The molecule has 2 aromatic rings. The van der Waals surface area contributed by atoms with Crippen molar-refractivity contribution in [1.29, 1.82) is 0 Å². The summed E-state index contributed by atoms with van der Waals surface area (Å²) in [7, 11) is 1.73. The van der Waals surface area contributed by atoms with Gasteiger partial charge in [-0.2, -0.15) is 28.1 Å². The molecule has 22 heavy (non-hydrogen) atoms. The van der Waals surface area contributed by atoms with Crippen molar-refractivity contribution in [2.75, 3.05) is 30.0 Å². The number of alkyl halides is 3. The van der Waals surface area contributed by atoms with Gasteiger partial charge in [0.15, 0.2) is 0 Å². The van der Waals surface area contributed by atoms with Crippen LogP contribution in [0.3, 0.4) is 0 Å². The second kappa shape index (κ2) is 8.01. The third-order valence-corrected chi connectivity index (χ3v) is 2.31. The molecule has 0 aliphatic rings. The fourth-order valence-corrected chi connectivity index (χ4v) is 1.37. The van der Waals surface area contributed by atoms with Crippen molar-refractivity contribution in [1.82, 2.24) is 15.0 Å². The third-order valence-electron chi connectivity index (χ3n) is 2.31. The van der Waals surface area contributed by atoms with E-state index in [1.165, 1.54) is 12.1 Å². The summed E-state index contributed by atoms with van der Waals surface area (Å²) in [6.07, 6.45) is -4.21. The Morgan fingerprint density at radius 3 is 2.09 bits per heavy atom. The number of rotatable bonds is 3. The zero-order valence-corrected chi connectivity index (χ0v) is 12.1. The molecule has 120 valence electrons. The maximum atomic E-state index is 11.8. The fraction of sp³-hybridized carbons (Fsp3) is 0.308. The van der Waals surface area contributed by atoms with Gasteiger partial charge in [0, 0.05) is 13.6 Å². The number of hydrogen-bond donors (Lipinski definition) is 3. The molecule has 0 radical (unpaired) electrons. The van der Waals surface area contributed by atoms with Crippen molar-refractivity contribution in [3.05, 3.63) is 35.9 Å². The first-order valence-electron chi connectivity index (χ1n) is 6.42. The van der Waals surface area contributed by atoms with Crippen LogP contribution in [0.5, 0.6) is 0 Å². The minimum Gasteiger partial charge on any atom is -0.368 e. The van der Waals surface area contributed by atoms with E-state index in [2.05, 4.69) is 25.6 Å². The molecule has 9 heteroatoms. The summed E-state index contributed by atoms with van der Waals surface area (Å²) in [4.78, 5) is 11.7. The molecular weight excluding hydrogens is 297 g/mol. The number of nitrogens with two attached hydrogens (primary N) is 1. The Hall–Kier alpha value is -2.58. The monoisotopic (exact) mass is 314 g/mol. The molecule has 1 heterocycles. The minimum atomic E-state index is -4.21. The lowest BCUT2D eigenvalue weighted by molar-refractivity contribution is -0.137. The first-order valence-corrected chi connectivity index (χ1v) is 6.42. The summed E-state index contributed by atoms with van der Waals surface area (Å²) in [5.74, 6) is 1.18. The van der Waals surface area contributed by atoms with E-state index in [1.807, 2.05) is 6.92 Å². The van der Waals surface area contributed by atoms with Crippen LogP contribution in [0.2, 0.25) is 0 Å². The van der Waals surface area contributed by atoms with Gasteiger partial charge in [0.2, 0.25) is 17.8 Å². The highest BCUT2D eigenvalue weighted by atomic mass is 19.4. The predicted octanol–water partition coefficient (Wildman–Crippen LogP) is 2.63. The minimum absolute atomic E-state index is 0.213. The van der Waals surface area contributed by atoms with E-state index in [0.717, 1.165) is 18.7 Å². The molecule has 0 spiro atoms. The Bertz CT molecular complexity index is 574. The number of nitrogens with zero attached hydrogens (tertiary/aromatic N) is 3. The van der Waals surface area contributed by atoms with E-state index < -0.39 is 11.7 Å². The predicted molar refractivity (Wildman–Crippen MR) is 79.4 cm³/mol. The van der Waals surface area contributed by atoms with Gasteiger partial charge in [-0.1, -0.05) is 30.3 Å². The van der Waals surface area contributed by atoms with Gasteiger partial charge in [0.05, 0.1) is 5.56 Å². The van der Waals surface area contributed by atoms with Crippen molar-refractivity contribution in [2.45, 2.75) is 13.1 Å². The topological polar surface area (TPSA) is 88.8 Å². The summed E-state index contributed by atoms with van der Waals surface area (Å²) in [6.45, 7) is 2.71. The van der Waals surface area contributed by atoms with Gasteiger partial charge >= 0.3 is 6.18 Å². The van der Waals surface area contributed by atoms with Crippen LogP contribution >= 0.6 is 0 Å². The number of nitrogens with one attached hydrogen (secondary N) is 2. The van der Waals surface area contributed by atoms with Crippen molar-refractivity contribution in [2.24, 2.45) is 0 Å². The average Bonchev–Trinajstić information content (AvgIpc) is 2.48. The highest BCUT2D eigenvalue weighted by Gasteiger charge is 2.29. The molecule has 0 atom stereocenters. The lowest BCUT2D eigenvalue weighted by atomic mass is 10.2. The molecule has 0 bridgehead atoms. The first-order chi connectivity index (χ1) is 10.4. The number of anilines is 3. The number of hydrogen-bond acceptors (Lipinski definition) is 6. The van der Waals surface area contributed by atoms with Crippen LogP contribution in [0, 0.1) is 0 Å². The number of nitrogen functional groups attached to an aromatic ring is 1. The van der Waals surface area contributed by atoms with E-state index in [1.54, 1.807) is 13.1 Å². The number of benzene rings is 1. The van der Waals surface area contributed by atoms with E-state index in [0.29, 0.717) is 11.9 Å². The molecule has 0 aliphatic carbocycles. The lowest BCUT2D eigenvalue weighted by Gasteiger charge is -2.03. The SMILES string of the molecule is CCNc1nc(N)nc(NC)n1.FC(F)(F)c1ccccc1. The molecule has 0 saturated carbocycles. The second-order valence-corrected chi connectivity index (χ2v) is 3.98. The molecule has 4 N–H and O–H groups in total. The molecule has 1 aromatic heterocycles. The Morgan fingerprint density at radius 1 is 1.05 bits per heavy atom. The Labute approximate surface area is 126 Å². The van der Waals surface area contributed by atoms with Gasteiger partial charge in [-0.3, -0.25) is 0 Å². The van der Waals surface area contributed by atoms with E-state index in [9.17, 15) is 13.2 Å². The summed E-state index contributed by atoms with van der Waals surface area (Å²) in [6, 6.07) is 6.36. The maximum Gasteiger partial charge on any atom is 0.416 e. The highest BCUT2D eigenvalue weighted by molar-refractivity contribution is 5.39. The van der Waals surface area contributed by atoms with Crippen LogP contribution in [0.25, 0.3) is 0 Å². The van der Waals surface area contributed by atoms with Gasteiger partial charge in [0.1, 0.15) is 0 Å². The van der Waals surface area contributed by atoms with Crippen LogP contribution in [0.4, 0.5) is 31.0 Å². The van der Waals surface area contributed by atoms with Crippen molar-refractivity contribution in [3.63, 3.8) is 0 Å². The molecule has 0 fully saturated rings. The lowest BCUT2D eigenvalue weighted by Crippen LogP contribution is -2.08. The van der Waals surface area contributed by atoms with Crippen molar-refractivity contribution < 1.29 is 13.2 Å². The molecular formula is C13H17F3N6. The summed E-state index contributed by atoms with van der Waals surface area (Å²) in [5, 5.41) is 5.73. The fourth-order valence-electron chi connectivity index (χ4n) is 1.37. The van der Waals surface area contributed by atoms with Crippen molar-refractivity contribution in [3.8, 4) is 0 Å². The zero-order valence-electron chi connectivity index (χ0n) is 12.1. The smallest absolute Gasteiger partial charge is 0.368 e. The van der Waals surface area contributed by atoms with Crippen LogP contribution in [0.1, 0.15) is 12.5 Å². The molecule has 6 nitrogen and oxygen atoms in total. The maximum absolute atomic E-state index is 11.8. The molecule has 2 rings (SSSR count). The molecule has 0 aliphatic heterocycles. The Balaban J connectivity index is 0.000000224. The van der Waals surface area contributed by atoms with Gasteiger partial charge in [-0.15, -0.1) is 0 Å². The summed E-state index contributed by atoms with van der Waals surface area (Å²) < 4.78 is 35.4. The first kappa shape index (κ1) is 17.5. The zero-order chi connectivity index (χ0) is 16.6. The van der Waals surface area contributed by atoms with Gasteiger partial charge < -0.3 is 16.4 Å². The van der Waals surface area contributed by atoms with Crippen LogP contribution in [0.15, 0.2) is 30.3 Å². The molecule has 0 unspecified atom stereocenters. The third kappa shape index (κ3) is 5.81. The van der Waals surface area contributed by atoms with E-state index >= 15 is 0 Å². The molecule has 0 amide bonds. The van der Waals surface area contributed by atoms with E-state index in [4.69, 9.17) is 5.73 Å².